The Morgan fingerprint density at radius 2 is 1.82 bits per heavy atom. The van der Waals surface area contributed by atoms with Crippen LogP contribution in [-0.2, 0) is 0 Å². The molecule has 1 aromatic heterocycles. The van der Waals surface area contributed by atoms with E-state index < -0.39 is 11.7 Å². The van der Waals surface area contributed by atoms with Gasteiger partial charge in [0.1, 0.15) is 5.82 Å². The van der Waals surface area contributed by atoms with Crippen LogP contribution in [0, 0.1) is 5.82 Å². The van der Waals surface area contributed by atoms with E-state index in [4.69, 9.17) is 12.2 Å². The molecule has 0 aliphatic rings. The van der Waals surface area contributed by atoms with Gasteiger partial charge in [0.25, 0.3) is 5.91 Å². The number of carbonyl (C=O) groups excluding carboxylic acids is 1. The van der Waals surface area contributed by atoms with Gasteiger partial charge >= 0.3 is 0 Å². The first kappa shape index (κ1) is 18.2. The number of hydrogen-bond donors (Lipinski definition) is 2. The lowest BCUT2D eigenvalue weighted by atomic mass is 10.1. The van der Waals surface area contributed by atoms with Crippen molar-refractivity contribution in [2.24, 2.45) is 0 Å². The number of hydrogen-bond acceptors (Lipinski definition) is 4. The number of thiazole rings is 1. The first-order chi connectivity index (χ1) is 13.6. The quantitative estimate of drug-likeness (QED) is 0.457. The molecule has 1 amide bonds. The first-order valence-electron chi connectivity index (χ1n) is 8.41. The highest BCUT2D eigenvalue weighted by molar-refractivity contribution is 7.80. The lowest BCUT2D eigenvalue weighted by Gasteiger charge is -2.07. The van der Waals surface area contributed by atoms with Crippen LogP contribution in [0.15, 0.2) is 72.1 Å². The van der Waals surface area contributed by atoms with Gasteiger partial charge in [0.15, 0.2) is 10.2 Å². The summed E-state index contributed by atoms with van der Waals surface area (Å²) in [5, 5.41) is 10.3. The highest BCUT2D eigenvalue weighted by atomic mass is 32.1. The van der Waals surface area contributed by atoms with E-state index in [0.717, 1.165) is 22.7 Å². The van der Waals surface area contributed by atoms with Crippen molar-refractivity contribution in [2.75, 3.05) is 5.32 Å². The smallest absolute Gasteiger partial charge is 0.257 e. The van der Waals surface area contributed by atoms with Crippen LogP contribution >= 0.6 is 23.6 Å². The van der Waals surface area contributed by atoms with Gasteiger partial charge in [-0.3, -0.25) is 10.1 Å². The van der Waals surface area contributed by atoms with Crippen LogP contribution in [0.4, 0.5) is 9.52 Å². The molecule has 4 rings (SSSR count). The van der Waals surface area contributed by atoms with E-state index >= 15 is 0 Å². The molecule has 0 bridgehead atoms. The molecule has 4 nitrogen and oxygen atoms in total. The molecule has 0 unspecified atom stereocenters. The molecule has 0 atom stereocenters. The van der Waals surface area contributed by atoms with E-state index in [-0.39, 0.29) is 10.7 Å². The predicted molar refractivity (Wildman–Crippen MR) is 115 cm³/mol. The predicted octanol–water partition coefficient (Wildman–Crippen LogP) is 5.23. The molecule has 3 aromatic carbocycles. The third kappa shape index (κ3) is 4.05. The second kappa shape index (κ2) is 7.84. The van der Waals surface area contributed by atoms with Gasteiger partial charge < -0.3 is 5.32 Å². The summed E-state index contributed by atoms with van der Waals surface area (Å²) < 4.78 is 13.2. The van der Waals surface area contributed by atoms with E-state index in [9.17, 15) is 9.18 Å². The molecule has 0 saturated heterocycles. The molecular weight excluding hydrogens is 393 g/mol. The molecule has 138 valence electrons. The molecule has 7 heteroatoms. The highest BCUT2D eigenvalue weighted by Crippen LogP contribution is 2.27. The number of halogens is 1. The van der Waals surface area contributed by atoms with Crippen molar-refractivity contribution < 1.29 is 9.18 Å². The molecule has 0 saturated carbocycles. The average Bonchev–Trinajstić information content (AvgIpc) is 3.16. The van der Waals surface area contributed by atoms with Gasteiger partial charge in [0.05, 0.1) is 5.69 Å². The number of thiocarbonyl (C=S) groups is 1. The zero-order valence-corrected chi connectivity index (χ0v) is 16.1. The molecule has 2 N–H and O–H groups in total. The van der Waals surface area contributed by atoms with Gasteiger partial charge in [-0.15, -0.1) is 11.3 Å². The number of anilines is 1. The monoisotopic (exact) mass is 407 g/mol. The van der Waals surface area contributed by atoms with Crippen LogP contribution in [-0.4, -0.2) is 16.0 Å². The number of aromatic nitrogens is 1. The summed E-state index contributed by atoms with van der Waals surface area (Å²) in [4.78, 5) is 16.7. The Morgan fingerprint density at radius 3 is 2.64 bits per heavy atom. The minimum atomic E-state index is -0.483. The molecule has 4 aromatic rings. The van der Waals surface area contributed by atoms with Crippen LogP contribution in [0.25, 0.3) is 22.0 Å². The van der Waals surface area contributed by atoms with Crippen molar-refractivity contribution >= 4 is 50.5 Å². The van der Waals surface area contributed by atoms with Crippen LogP contribution in [0.2, 0.25) is 0 Å². The fraction of sp³-hybridized carbons (Fsp3) is 0. The molecular formula is C21H14FN3OS2. The van der Waals surface area contributed by atoms with Crippen LogP contribution < -0.4 is 10.6 Å². The molecule has 1 heterocycles. The van der Waals surface area contributed by atoms with E-state index in [0.29, 0.717) is 5.13 Å². The average molecular weight is 407 g/mol. The maximum Gasteiger partial charge on any atom is 0.257 e. The molecule has 0 spiro atoms. The Labute approximate surface area is 170 Å². The fourth-order valence-electron chi connectivity index (χ4n) is 2.75. The Bertz CT molecular complexity index is 1190. The largest absolute Gasteiger partial charge is 0.308 e. The van der Waals surface area contributed by atoms with Crippen molar-refractivity contribution in [1.29, 1.82) is 0 Å². The summed E-state index contributed by atoms with van der Waals surface area (Å²) >= 11 is 6.55. The summed E-state index contributed by atoms with van der Waals surface area (Å²) in [6.07, 6.45) is 0. The maximum absolute atomic E-state index is 13.2. The molecule has 0 fully saturated rings. The number of fused-ring (bicyclic) bond motifs is 1. The number of nitrogens with one attached hydrogen (secondary N) is 2. The summed E-state index contributed by atoms with van der Waals surface area (Å²) in [7, 11) is 0. The fourth-order valence-corrected chi connectivity index (χ4v) is 3.72. The number of benzene rings is 3. The Morgan fingerprint density at radius 1 is 1.00 bits per heavy atom. The van der Waals surface area contributed by atoms with Crippen LogP contribution in [0.1, 0.15) is 10.4 Å². The minimum Gasteiger partial charge on any atom is -0.308 e. The van der Waals surface area contributed by atoms with Gasteiger partial charge in [-0.25, -0.2) is 9.37 Å². The van der Waals surface area contributed by atoms with Gasteiger partial charge in [-0.1, -0.05) is 42.5 Å². The van der Waals surface area contributed by atoms with Gasteiger partial charge in [-0.05, 0) is 47.3 Å². The SMILES string of the molecule is O=C(NC(=S)Nc1nc(-c2ccc3ccccc3c2)cs1)c1cccc(F)c1. The molecule has 28 heavy (non-hydrogen) atoms. The standard InChI is InChI=1S/C21H14FN3OS2/c22-17-7-3-6-16(11-17)19(26)24-20(27)25-21-23-18(12-28-21)15-9-8-13-4-1-2-5-14(13)10-15/h1-12H,(H2,23,24,25,26,27). The Hall–Kier alpha value is -3.16. The summed E-state index contributed by atoms with van der Waals surface area (Å²) in [5.74, 6) is -0.963. The lowest BCUT2D eigenvalue weighted by Crippen LogP contribution is -2.34. The summed E-state index contributed by atoms with van der Waals surface area (Å²) in [6, 6.07) is 19.7. The van der Waals surface area contributed by atoms with Crippen LogP contribution in [0.3, 0.4) is 0 Å². The first-order valence-corrected chi connectivity index (χ1v) is 9.70. The number of rotatable bonds is 3. The molecule has 0 aliphatic carbocycles. The van der Waals surface area contributed by atoms with Crippen molar-refractivity contribution in [3.63, 3.8) is 0 Å². The Balaban J connectivity index is 1.45. The zero-order valence-electron chi connectivity index (χ0n) is 14.5. The van der Waals surface area contributed by atoms with Crippen molar-refractivity contribution in [1.82, 2.24) is 10.3 Å². The van der Waals surface area contributed by atoms with Crippen molar-refractivity contribution in [2.45, 2.75) is 0 Å². The summed E-state index contributed by atoms with van der Waals surface area (Å²) in [6.45, 7) is 0. The topological polar surface area (TPSA) is 54.0 Å². The number of carbonyl (C=O) groups is 1. The van der Waals surface area contributed by atoms with Gasteiger partial charge in [-0.2, -0.15) is 0 Å². The molecule has 0 radical (unpaired) electrons. The second-order valence-corrected chi connectivity index (χ2v) is 7.28. The van der Waals surface area contributed by atoms with E-state index in [1.165, 1.54) is 34.9 Å². The third-order valence-electron chi connectivity index (χ3n) is 4.08. The summed E-state index contributed by atoms with van der Waals surface area (Å²) in [5.41, 5.74) is 2.01. The van der Waals surface area contributed by atoms with Gasteiger partial charge in [0.2, 0.25) is 0 Å². The molecule has 0 aliphatic heterocycles. The lowest BCUT2D eigenvalue weighted by molar-refractivity contribution is 0.0977. The van der Waals surface area contributed by atoms with E-state index in [1.807, 2.05) is 23.6 Å². The third-order valence-corrected chi connectivity index (χ3v) is 5.05. The van der Waals surface area contributed by atoms with Crippen LogP contribution in [0.5, 0.6) is 0 Å². The number of nitrogens with zero attached hydrogens (tertiary/aromatic N) is 1. The van der Waals surface area contributed by atoms with Crippen molar-refractivity contribution in [3.05, 3.63) is 83.5 Å². The second-order valence-electron chi connectivity index (χ2n) is 6.02. The van der Waals surface area contributed by atoms with Crippen molar-refractivity contribution in [3.8, 4) is 11.3 Å². The minimum absolute atomic E-state index is 0.105. The number of amides is 1. The van der Waals surface area contributed by atoms with E-state index in [2.05, 4.69) is 39.9 Å². The normalized spacial score (nSPS) is 10.6. The maximum atomic E-state index is 13.2. The zero-order chi connectivity index (χ0) is 19.5. The Kier molecular flexibility index (Phi) is 5.10. The van der Waals surface area contributed by atoms with Gasteiger partial charge in [0, 0.05) is 16.5 Å². The van der Waals surface area contributed by atoms with E-state index in [1.54, 1.807) is 0 Å². The highest BCUT2D eigenvalue weighted by Gasteiger charge is 2.11.